The standard InChI is InChI=1S/C18H32N6O.HI/c1-4-19-17(20-12-18(3)10-6-5-9-15(18)25)22-14-8-7-11-24-16(14)21-13(2)23-24;/h14-15,25H,4-12H2,1-3H3,(H2,19,20,22);1H. The van der Waals surface area contributed by atoms with E-state index in [-0.39, 0.29) is 41.5 Å². The number of hydrogen-bond donors (Lipinski definition) is 3. The molecule has 3 rings (SSSR count). The van der Waals surface area contributed by atoms with Gasteiger partial charge in [0, 0.05) is 18.5 Å². The molecule has 1 aromatic heterocycles. The minimum absolute atomic E-state index is 0. The summed E-state index contributed by atoms with van der Waals surface area (Å²) < 4.78 is 2.01. The van der Waals surface area contributed by atoms with Gasteiger partial charge in [-0.25, -0.2) is 9.67 Å². The molecule has 2 heterocycles. The van der Waals surface area contributed by atoms with Gasteiger partial charge < -0.3 is 15.7 Å². The Morgan fingerprint density at radius 3 is 2.88 bits per heavy atom. The molecule has 0 radical (unpaired) electrons. The van der Waals surface area contributed by atoms with Crippen LogP contribution in [0.2, 0.25) is 0 Å². The lowest BCUT2D eigenvalue weighted by atomic mass is 9.73. The lowest BCUT2D eigenvalue weighted by Gasteiger charge is -2.37. The lowest BCUT2D eigenvalue weighted by molar-refractivity contribution is 0.00715. The van der Waals surface area contributed by atoms with Gasteiger partial charge in [0.1, 0.15) is 11.6 Å². The van der Waals surface area contributed by atoms with Gasteiger partial charge in [-0.15, -0.1) is 24.0 Å². The number of nitrogens with one attached hydrogen (secondary N) is 2. The van der Waals surface area contributed by atoms with E-state index in [1.165, 1.54) is 6.42 Å². The molecular formula is C18H33IN6O. The predicted octanol–water partition coefficient (Wildman–Crippen LogP) is 2.54. The quantitative estimate of drug-likeness (QED) is 0.353. The summed E-state index contributed by atoms with van der Waals surface area (Å²) in [5.74, 6) is 2.63. The first-order valence-corrected chi connectivity index (χ1v) is 9.66. The predicted molar refractivity (Wildman–Crippen MR) is 114 cm³/mol. The maximum absolute atomic E-state index is 10.4. The molecule has 0 bridgehead atoms. The minimum atomic E-state index is -0.256. The van der Waals surface area contributed by atoms with E-state index in [2.05, 4.69) is 34.6 Å². The summed E-state index contributed by atoms with van der Waals surface area (Å²) in [5, 5.41) is 21.7. The van der Waals surface area contributed by atoms with E-state index >= 15 is 0 Å². The topological polar surface area (TPSA) is 87.4 Å². The van der Waals surface area contributed by atoms with E-state index in [9.17, 15) is 5.11 Å². The molecule has 1 aliphatic carbocycles. The number of nitrogens with zero attached hydrogens (tertiary/aromatic N) is 4. The van der Waals surface area contributed by atoms with Crippen molar-refractivity contribution in [1.29, 1.82) is 0 Å². The molecule has 3 unspecified atom stereocenters. The summed E-state index contributed by atoms with van der Waals surface area (Å²) in [6.07, 6.45) is 6.09. The van der Waals surface area contributed by atoms with Crippen LogP contribution >= 0.6 is 24.0 Å². The highest BCUT2D eigenvalue weighted by Gasteiger charge is 2.35. The normalized spacial score (nSPS) is 28.8. The molecule has 1 aliphatic heterocycles. The lowest BCUT2D eigenvalue weighted by Crippen LogP contribution is -2.43. The Morgan fingerprint density at radius 2 is 2.15 bits per heavy atom. The number of rotatable bonds is 4. The third kappa shape index (κ3) is 4.88. The van der Waals surface area contributed by atoms with Gasteiger partial charge in [-0.3, -0.25) is 4.99 Å². The minimum Gasteiger partial charge on any atom is -0.392 e. The van der Waals surface area contributed by atoms with E-state index in [4.69, 9.17) is 4.99 Å². The van der Waals surface area contributed by atoms with Crippen LogP contribution in [0.1, 0.15) is 70.1 Å². The molecule has 26 heavy (non-hydrogen) atoms. The van der Waals surface area contributed by atoms with Crippen LogP contribution in [0.25, 0.3) is 0 Å². The monoisotopic (exact) mass is 476 g/mol. The van der Waals surface area contributed by atoms with Crippen molar-refractivity contribution in [3.8, 4) is 0 Å². The molecule has 0 aromatic carbocycles. The van der Waals surface area contributed by atoms with Gasteiger partial charge in [-0.2, -0.15) is 5.10 Å². The van der Waals surface area contributed by atoms with Gasteiger partial charge in [0.15, 0.2) is 5.96 Å². The van der Waals surface area contributed by atoms with Crippen LogP contribution in [0.4, 0.5) is 0 Å². The number of fused-ring (bicyclic) bond motifs is 1. The summed E-state index contributed by atoms with van der Waals surface area (Å²) >= 11 is 0. The number of halogens is 1. The van der Waals surface area contributed by atoms with Crippen molar-refractivity contribution in [3.63, 3.8) is 0 Å². The smallest absolute Gasteiger partial charge is 0.191 e. The van der Waals surface area contributed by atoms with Crippen LogP contribution in [-0.2, 0) is 6.54 Å². The number of aromatic nitrogens is 3. The van der Waals surface area contributed by atoms with Crippen molar-refractivity contribution in [2.45, 2.75) is 78.0 Å². The zero-order valence-electron chi connectivity index (χ0n) is 16.2. The van der Waals surface area contributed by atoms with Crippen molar-refractivity contribution in [1.82, 2.24) is 25.4 Å². The van der Waals surface area contributed by atoms with E-state index in [1.54, 1.807) is 0 Å². The number of aliphatic imine (C=N–C) groups is 1. The third-order valence-electron chi connectivity index (χ3n) is 5.51. The molecule has 2 aliphatic rings. The van der Waals surface area contributed by atoms with E-state index in [0.29, 0.717) is 6.54 Å². The zero-order chi connectivity index (χ0) is 17.9. The van der Waals surface area contributed by atoms with Crippen molar-refractivity contribution < 1.29 is 5.11 Å². The molecule has 0 saturated heterocycles. The van der Waals surface area contributed by atoms with E-state index < -0.39 is 0 Å². The fourth-order valence-corrected chi connectivity index (χ4v) is 3.92. The van der Waals surface area contributed by atoms with Crippen LogP contribution in [0.15, 0.2) is 4.99 Å². The molecule has 7 nitrogen and oxygen atoms in total. The number of aliphatic hydroxyl groups is 1. The number of aliphatic hydroxyl groups excluding tert-OH is 1. The molecule has 3 atom stereocenters. The first-order chi connectivity index (χ1) is 12.0. The summed E-state index contributed by atoms with van der Waals surface area (Å²) in [7, 11) is 0. The summed E-state index contributed by atoms with van der Waals surface area (Å²) in [5.41, 5.74) is -0.121. The maximum Gasteiger partial charge on any atom is 0.191 e. The fraction of sp³-hybridized carbons (Fsp3) is 0.833. The largest absolute Gasteiger partial charge is 0.392 e. The van der Waals surface area contributed by atoms with Crippen molar-refractivity contribution in [2.24, 2.45) is 10.4 Å². The fourth-order valence-electron chi connectivity index (χ4n) is 3.92. The van der Waals surface area contributed by atoms with Crippen LogP contribution in [-0.4, -0.2) is 45.0 Å². The van der Waals surface area contributed by atoms with Crippen LogP contribution in [0.3, 0.4) is 0 Å². The zero-order valence-corrected chi connectivity index (χ0v) is 18.5. The van der Waals surface area contributed by atoms with E-state index in [1.807, 2.05) is 11.6 Å². The van der Waals surface area contributed by atoms with Gasteiger partial charge in [-0.1, -0.05) is 19.8 Å². The highest BCUT2D eigenvalue weighted by atomic mass is 127. The van der Waals surface area contributed by atoms with Crippen LogP contribution < -0.4 is 10.6 Å². The van der Waals surface area contributed by atoms with Crippen LogP contribution in [0, 0.1) is 12.3 Å². The Hall–Kier alpha value is -0.900. The molecule has 148 valence electrons. The Labute approximate surface area is 173 Å². The first kappa shape index (κ1) is 21.4. The second-order valence-corrected chi connectivity index (χ2v) is 7.69. The number of hydrogen-bond acceptors (Lipinski definition) is 4. The molecule has 1 saturated carbocycles. The highest BCUT2D eigenvalue weighted by molar-refractivity contribution is 14.0. The van der Waals surface area contributed by atoms with Crippen LogP contribution in [0.5, 0.6) is 0 Å². The average molecular weight is 476 g/mol. The van der Waals surface area contributed by atoms with Gasteiger partial charge in [0.2, 0.25) is 0 Å². The van der Waals surface area contributed by atoms with Crippen molar-refractivity contribution >= 4 is 29.9 Å². The molecule has 1 fully saturated rings. The molecule has 0 spiro atoms. The summed E-state index contributed by atoms with van der Waals surface area (Å²) in [6, 6.07) is 0.136. The molecular weight excluding hydrogens is 443 g/mol. The van der Waals surface area contributed by atoms with Crippen molar-refractivity contribution in [3.05, 3.63) is 11.6 Å². The summed E-state index contributed by atoms with van der Waals surface area (Å²) in [6.45, 7) is 8.55. The Balaban J connectivity index is 0.00000243. The maximum atomic E-state index is 10.4. The Morgan fingerprint density at radius 1 is 1.35 bits per heavy atom. The Bertz CT molecular complexity index is 619. The van der Waals surface area contributed by atoms with E-state index in [0.717, 1.165) is 62.8 Å². The van der Waals surface area contributed by atoms with Gasteiger partial charge >= 0.3 is 0 Å². The number of aryl methyl sites for hydroxylation is 2. The van der Waals surface area contributed by atoms with Gasteiger partial charge in [-0.05, 0) is 39.5 Å². The van der Waals surface area contributed by atoms with Crippen molar-refractivity contribution in [2.75, 3.05) is 13.1 Å². The first-order valence-electron chi connectivity index (χ1n) is 9.66. The molecule has 3 N–H and O–H groups in total. The second-order valence-electron chi connectivity index (χ2n) is 7.69. The molecule has 1 aromatic rings. The third-order valence-corrected chi connectivity index (χ3v) is 5.51. The highest BCUT2D eigenvalue weighted by Crippen LogP contribution is 2.36. The van der Waals surface area contributed by atoms with Gasteiger partial charge in [0.25, 0.3) is 0 Å². The SMILES string of the molecule is CCNC(=NCC1(C)CCCCC1O)NC1CCCn2nc(C)nc21.I. The molecule has 0 amide bonds. The van der Waals surface area contributed by atoms with Gasteiger partial charge in [0.05, 0.1) is 18.7 Å². The second kappa shape index (κ2) is 9.34. The molecule has 8 heteroatoms. The Kier molecular flexibility index (Phi) is 7.69. The number of guanidine groups is 1. The average Bonchev–Trinajstić information content (AvgIpc) is 2.97. The summed E-state index contributed by atoms with van der Waals surface area (Å²) in [4.78, 5) is 9.40.